The van der Waals surface area contributed by atoms with Crippen LogP contribution in [0.2, 0.25) is 0 Å². The number of carbonyl (C=O) groups excluding carboxylic acids is 1. The summed E-state index contributed by atoms with van der Waals surface area (Å²) >= 11 is 0. The maximum absolute atomic E-state index is 12.2. The van der Waals surface area contributed by atoms with E-state index in [0.29, 0.717) is 18.3 Å². The molecule has 0 spiro atoms. The molecule has 2 fully saturated rings. The molecule has 8 heteroatoms. The molecule has 22 heavy (non-hydrogen) atoms. The van der Waals surface area contributed by atoms with Gasteiger partial charge in [0, 0.05) is 13.1 Å². The van der Waals surface area contributed by atoms with E-state index in [2.05, 4.69) is 20.4 Å². The third kappa shape index (κ3) is 4.66. The zero-order valence-electron chi connectivity index (χ0n) is 12.7. The molecule has 124 valence electrons. The van der Waals surface area contributed by atoms with Crippen molar-refractivity contribution in [1.82, 2.24) is 20.4 Å². The predicted molar refractivity (Wildman–Crippen MR) is 83.2 cm³/mol. The lowest BCUT2D eigenvalue weighted by Gasteiger charge is -2.31. The van der Waals surface area contributed by atoms with Crippen LogP contribution in [-0.4, -0.2) is 40.6 Å². The summed E-state index contributed by atoms with van der Waals surface area (Å²) in [5.74, 6) is 2.11. The first-order valence-electron chi connectivity index (χ1n) is 7.76. The SMILES string of the molecule is Cl.NCc1nc(CN2CCCC(C(=O)NCC3CC3)C2)no1. The molecule has 1 saturated carbocycles. The summed E-state index contributed by atoms with van der Waals surface area (Å²) in [4.78, 5) is 18.6. The molecule has 7 nitrogen and oxygen atoms in total. The fraction of sp³-hybridized carbons (Fsp3) is 0.786. The molecule has 2 aliphatic rings. The van der Waals surface area contributed by atoms with E-state index in [9.17, 15) is 4.79 Å². The van der Waals surface area contributed by atoms with E-state index in [-0.39, 0.29) is 30.8 Å². The number of likely N-dealkylation sites (tertiary alicyclic amines) is 1. The number of nitrogens with one attached hydrogen (secondary N) is 1. The lowest BCUT2D eigenvalue weighted by Crippen LogP contribution is -2.43. The van der Waals surface area contributed by atoms with Crippen molar-refractivity contribution in [3.63, 3.8) is 0 Å². The second kappa shape index (κ2) is 7.89. The fourth-order valence-electron chi connectivity index (χ4n) is 2.76. The van der Waals surface area contributed by atoms with E-state index in [1.165, 1.54) is 12.8 Å². The predicted octanol–water partition coefficient (Wildman–Crippen LogP) is 0.688. The lowest BCUT2D eigenvalue weighted by molar-refractivity contribution is -0.126. The van der Waals surface area contributed by atoms with Crippen molar-refractivity contribution in [1.29, 1.82) is 0 Å². The molecule has 3 rings (SSSR count). The van der Waals surface area contributed by atoms with Gasteiger partial charge in [0.05, 0.1) is 19.0 Å². The highest BCUT2D eigenvalue weighted by molar-refractivity contribution is 5.85. The van der Waals surface area contributed by atoms with Gasteiger partial charge in [-0.3, -0.25) is 9.69 Å². The van der Waals surface area contributed by atoms with Crippen molar-refractivity contribution in [2.24, 2.45) is 17.6 Å². The van der Waals surface area contributed by atoms with Crippen LogP contribution < -0.4 is 11.1 Å². The molecule has 1 aliphatic heterocycles. The highest BCUT2D eigenvalue weighted by Gasteiger charge is 2.28. The third-order valence-electron chi connectivity index (χ3n) is 4.19. The molecular formula is C14H24ClN5O2. The van der Waals surface area contributed by atoms with Crippen LogP contribution in [0.25, 0.3) is 0 Å². The van der Waals surface area contributed by atoms with Crippen LogP contribution in [0.1, 0.15) is 37.4 Å². The minimum Gasteiger partial charge on any atom is -0.356 e. The average molecular weight is 330 g/mol. The molecule has 0 radical (unpaired) electrons. The number of halogens is 1. The number of piperidine rings is 1. The Morgan fingerprint density at radius 3 is 2.91 bits per heavy atom. The fourth-order valence-corrected chi connectivity index (χ4v) is 2.76. The largest absolute Gasteiger partial charge is 0.356 e. The molecule has 1 saturated heterocycles. The van der Waals surface area contributed by atoms with Gasteiger partial charge in [0.2, 0.25) is 11.8 Å². The Balaban J connectivity index is 0.00000176. The summed E-state index contributed by atoms with van der Waals surface area (Å²) < 4.78 is 5.01. The van der Waals surface area contributed by atoms with Gasteiger partial charge in [0.1, 0.15) is 0 Å². The van der Waals surface area contributed by atoms with Crippen molar-refractivity contribution in [2.75, 3.05) is 19.6 Å². The Morgan fingerprint density at radius 2 is 2.23 bits per heavy atom. The van der Waals surface area contributed by atoms with Gasteiger partial charge in [-0.05, 0) is 38.1 Å². The second-order valence-electron chi connectivity index (χ2n) is 6.07. The molecule has 1 aromatic rings. The van der Waals surface area contributed by atoms with Crippen LogP contribution in [0, 0.1) is 11.8 Å². The number of aromatic nitrogens is 2. The Labute approximate surface area is 136 Å². The topological polar surface area (TPSA) is 97.3 Å². The number of carbonyl (C=O) groups is 1. The highest BCUT2D eigenvalue weighted by atomic mass is 35.5. The van der Waals surface area contributed by atoms with Crippen LogP contribution in [0.4, 0.5) is 0 Å². The number of hydrogen-bond donors (Lipinski definition) is 2. The van der Waals surface area contributed by atoms with Gasteiger partial charge < -0.3 is 15.6 Å². The number of amides is 1. The maximum Gasteiger partial charge on any atom is 0.240 e. The first-order valence-corrected chi connectivity index (χ1v) is 7.76. The molecular weight excluding hydrogens is 306 g/mol. The Hall–Kier alpha value is -1.18. The number of nitrogens with zero attached hydrogens (tertiary/aromatic N) is 3. The first kappa shape index (κ1) is 17.2. The van der Waals surface area contributed by atoms with E-state index < -0.39 is 0 Å². The molecule has 0 aromatic carbocycles. The van der Waals surface area contributed by atoms with Gasteiger partial charge in [-0.25, -0.2) is 0 Å². The van der Waals surface area contributed by atoms with E-state index >= 15 is 0 Å². The van der Waals surface area contributed by atoms with Crippen molar-refractivity contribution in [2.45, 2.75) is 38.8 Å². The smallest absolute Gasteiger partial charge is 0.240 e. The summed E-state index contributed by atoms with van der Waals surface area (Å²) in [7, 11) is 0. The maximum atomic E-state index is 12.2. The summed E-state index contributed by atoms with van der Waals surface area (Å²) in [5.41, 5.74) is 5.46. The van der Waals surface area contributed by atoms with Crippen molar-refractivity contribution in [3.8, 4) is 0 Å². The summed E-state index contributed by atoms with van der Waals surface area (Å²) in [5, 5.41) is 6.99. The quantitative estimate of drug-likeness (QED) is 0.797. The Kier molecular flexibility index (Phi) is 6.16. The molecule has 1 aliphatic carbocycles. The van der Waals surface area contributed by atoms with Crippen molar-refractivity contribution < 1.29 is 9.32 Å². The van der Waals surface area contributed by atoms with Crippen LogP contribution in [0.5, 0.6) is 0 Å². The molecule has 0 bridgehead atoms. The lowest BCUT2D eigenvalue weighted by atomic mass is 9.97. The minimum absolute atomic E-state index is 0. The number of hydrogen-bond acceptors (Lipinski definition) is 6. The summed E-state index contributed by atoms with van der Waals surface area (Å²) in [6.07, 6.45) is 4.52. The molecule has 1 amide bonds. The first-order chi connectivity index (χ1) is 10.2. The van der Waals surface area contributed by atoms with Crippen LogP contribution in [0.3, 0.4) is 0 Å². The standard InChI is InChI=1S/C14H23N5O2.ClH/c15-6-13-17-12(18-21-13)9-19-5-1-2-11(8-19)14(20)16-7-10-3-4-10;/h10-11H,1-9,15H2,(H,16,20);1H. The van der Waals surface area contributed by atoms with E-state index in [1.54, 1.807) is 0 Å². The summed E-state index contributed by atoms with van der Waals surface area (Å²) in [6, 6.07) is 0. The van der Waals surface area contributed by atoms with Gasteiger partial charge in [-0.2, -0.15) is 4.98 Å². The monoisotopic (exact) mass is 329 g/mol. The normalized spacial score (nSPS) is 22.1. The summed E-state index contributed by atoms with van der Waals surface area (Å²) in [6.45, 7) is 3.47. The molecule has 1 unspecified atom stereocenters. The Bertz CT molecular complexity index is 491. The van der Waals surface area contributed by atoms with Gasteiger partial charge >= 0.3 is 0 Å². The third-order valence-corrected chi connectivity index (χ3v) is 4.19. The minimum atomic E-state index is 0. The van der Waals surface area contributed by atoms with E-state index in [0.717, 1.165) is 38.4 Å². The zero-order chi connectivity index (χ0) is 14.7. The van der Waals surface area contributed by atoms with Gasteiger partial charge in [0.15, 0.2) is 5.82 Å². The number of nitrogens with two attached hydrogens (primary N) is 1. The Morgan fingerprint density at radius 1 is 1.41 bits per heavy atom. The van der Waals surface area contributed by atoms with Gasteiger partial charge in [-0.15, -0.1) is 12.4 Å². The van der Waals surface area contributed by atoms with Crippen molar-refractivity contribution in [3.05, 3.63) is 11.7 Å². The van der Waals surface area contributed by atoms with E-state index in [1.807, 2.05) is 0 Å². The number of rotatable bonds is 6. The van der Waals surface area contributed by atoms with Crippen LogP contribution in [-0.2, 0) is 17.9 Å². The zero-order valence-corrected chi connectivity index (χ0v) is 13.5. The second-order valence-corrected chi connectivity index (χ2v) is 6.07. The van der Waals surface area contributed by atoms with Gasteiger partial charge in [-0.1, -0.05) is 5.16 Å². The van der Waals surface area contributed by atoms with E-state index in [4.69, 9.17) is 10.3 Å². The average Bonchev–Trinajstić information content (AvgIpc) is 3.23. The highest BCUT2D eigenvalue weighted by Crippen LogP contribution is 2.28. The molecule has 1 aromatic heterocycles. The molecule has 1 atom stereocenters. The molecule has 3 N–H and O–H groups in total. The van der Waals surface area contributed by atoms with Gasteiger partial charge in [0.25, 0.3) is 0 Å². The van der Waals surface area contributed by atoms with Crippen molar-refractivity contribution >= 4 is 18.3 Å². The molecule has 2 heterocycles. The van der Waals surface area contributed by atoms with Crippen LogP contribution >= 0.6 is 12.4 Å². The van der Waals surface area contributed by atoms with Crippen LogP contribution in [0.15, 0.2) is 4.52 Å².